The topological polar surface area (TPSA) is 47.3 Å². The summed E-state index contributed by atoms with van der Waals surface area (Å²) in [5.41, 5.74) is 2.91. The van der Waals surface area contributed by atoms with Gasteiger partial charge in [0.2, 0.25) is 0 Å². The fourth-order valence-corrected chi connectivity index (χ4v) is 2.20. The maximum absolute atomic E-state index is 10.7. The van der Waals surface area contributed by atoms with Crippen LogP contribution in [0.25, 0.3) is 16.6 Å². The van der Waals surface area contributed by atoms with E-state index < -0.39 is 0 Å². The van der Waals surface area contributed by atoms with Gasteiger partial charge in [0.15, 0.2) is 5.65 Å². The molecule has 0 atom stereocenters. The summed E-state index contributed by atoms with van der Waals surface area (Å²) in [4.78, 5) is 10.7. The zero-order valence-electron chi connectivity index (χ0n) is 9.42. The molecule has 4 nitrogen and oxygen atoms in total. The highest BCUT2D eigenvalue weighted by molar-refractivity contribution is 5.86. The minimum atomic E-state index is 0.435. The third kappa shape index (κ3) is 1.41. The molecule has 17 heavy (non-hydrogen) atoms. The number of aldehydes is 1. The molecule has 0 N–H and O–H groups in total. The van der Waals surface area contributed by atoms with Crippen LogP contribution in [-0.4, -0.2) is 20.9 Å². The predicted octanol–water partition coefficient (Wildman–Crippen LogP) is 1.93. The third-order valence-electron chi connectivity index (χ3n) is 2.97. The second-order valence-electron chi connectivity index (χ2n) is 3.99. The van der Waals surface area contributed by atoms with Crippen LogP contribution in [0.2, 0.25) is 0 Å². The Labute approximate surface area is 97.9 Å². The summed E-state index contributed by atoms with van der Waals surface area (Å²) in [5.74, 6) is 0.855. The fourth-order valence-electron chi connectivity index (χ4n) is 2.20. The number of carbonyl (C=O) groups is 1. The summed E-state index contributed by atoms with van der Waals surface area (Å²) in [6.07, 6.45) is 1.36. The summed E-state index contributed by atoms with van der Waals surface area (Å²) in [6, 6.07) is 9.88. The molecule has 0 unspecified atom stereocenters. The molecule has 0 saturated heterocycles. The molecule has 0 amide bonds. The third-order valence-corrected chi connectivity index (χ3v) is 2.97. The van der Waals surface area contributed by atoms with Crippen molar-refractivity contribution in [3.05, 3.63) is 41.7 Å². The van der Waals surface area contributed by atoms with Gasteiger partial charge >= 0.3 is 0 Å². The molecule has 0 fully saturated rings. The highest BCUT2D eigenvalue weighted by Crippen LogP contribution is 2.21. The average molecular weight is 225 g/mol. The maximum atomic E-state index is 10.7. The maximum Gasteiger partial charge on any atom is 0.161 e. The number of fused-ring (bicyclic) bond motifs is 3. The highest BCUT2D eigenvalue weighted by Gasteiger charge is 2.07. The van der Waals surface area contributed by atoms with Crippen LogP contribution in [-0.2, 0) is 11.2 Å². The molecule has 0 aliphatic heterocycles. The molecule has 2 aromatic heterocycles. The largest absolute Gasteiger partial charge is 0.303 e. The van der Waals surface area contributed by atoms with E-state index in [4.69, 9.17) is 0 Å². The normalized spacial score (nSPS) is 11.1. The number of hydrogen-bond donors (Lipinski definition) is 0. The van der Waals surface area contributed by atoms with Gasteiger partial charge in [-0.3, -0.25) is 4.40 Å². The number of rotatable bonds is 2. The number of pyridine rings is 1. The second-order valence-corrected chi connectivity index (χ2v) is 3.99. The van der Waals surface area contributed by atoms with Gasteiger partial charge in [-0.25, -0.2) is 0 Å². The standard InChI is InChI=1S/C13H11N3O/c1-9-14-15-13-6-5-11-10(7-8-17)3-2-4-12(11)16(9)13/h2-6,8H,7H2,1H3. The first kappa shape index (κ1) is 9.96. The van der Waals surface area contributed by atoms with Crippen LogP contribution in [0.5, 0.6) is 0 Å². The van der Waals surface area contributed by atoms with Gasteiger partial charge < -0.3 is 4.79 Å². The number of nitrogens with zero attached hydrogens (tertiary/aromatic N) is 3. The average Bonchev–Trinajstić information content (AvgIpc) is 2.72. The first-order valence-corrected chi connectivity index (χ1v) is 5.47. The molecule has 0 spiro atoms. The SMILES string of the molecule is Cc1nnc2ccc3c(CC=O)cccc3n12. The van der Waals surface area contributed by atoms with Crippen molar-refractivity contribution in [3.63, 3.8) is 0 Å². The van der Waals surface area contributed by atoms with E-state index in [1.54, 1.807) is 0 Å². The van der Waals surface area contributed by atoms with Crippen molar-refractivity contribution in [3.8, 4) is 0 Å². The Hall–Kier alpha value is -2.23. The summed E-state index contributed by atoms with van der Waals surface area (Å²) in [6.45, 7) is 1.92. The van der Waals surface area contributed by atoms with Crippen LogP contribution in [0.4, 0.5) is 0 Å². The molecule has 0 bridgehead atoms. The minimum Gasteiger partial charge on any atom is -0.303 e. The second kappa shape index (κ2) is 3.66. The molecular formula is C13H11N3O. The zero-order valence-corrected chi connectivity index (χ0v) is 9.42. The predicted molar refractivity (Wildman–Crippen MR) is 65.0 cm³/mol. The van der Waals surface area contributed by atoms with Crippen molar-refractivity contribution in [2.45, 2.75) is 13.3 Å². The first-order chi connectivity index (χ1) is 8.31. The van der Waals surface area contributed by atoms with Crippen LogP contribution in [0, 0.1) is 6.92 Å². The van der Waals surface area contributed by atoms with Crippen molar-refractivity contribution in [1.82, 2.24) is 14.6 Å². The fraction of sp³-hybridized carbons (Fsp3) is 0.154. The van der Waals surface area contributed by atoms with Gasteiger partial charge in [-0.2, -0.15) is 0 Å². The lowest BCUT2D eigenvalue weighted by atomic mass is 10.1. The minimum absolute atomic E-state index is 0.435. The van der Waals surface area contributed by atoms with E-state index in [1.807, 2.05) is 41.7 Å². The first-order valence-electron chi connectivity index (χ1n) is 5.47. The molecule has 3 rings (SSSR count). The number of carbonyl (C=O) groups excluding carboxylic acids is 1. The molecule has 4 heteroatoms. The van der Waals surface area contributed by atoms with Crippen molar-refractivity contribution in [2.75, 3.05) is 0 Å². The molecule has 84 valence electrons. The van der Waals surface area contributed by atoms with Crippen molar-refractivity contribution in [1.29, 1.82) is 0 Å². The highest BCUT2D eigenvalue weighted by atomic mass is 16.1. The van der Waals surface area contributed by atoms with E-state index in [0.717, 1.165) is 34.2 Å². The van der Waals surface area contributed by atoms with Gasteiger partial charge in [0.1, 0.15) is 12.1 Å². The van der Waals surface area contributed by atoms with E-state index in [2.05, 4.69) is 10.2 Å². The van der Waals surface area contributed by atoms with E-state index in [0.29, 0.717) is 6.42 Å². The van der Waals surface area contributed by atoms with Crippen LogP contribution in [0.15, 0.2) is 30.3 Å². The molecule has 0 aliphatic carbocycles. The van der Waals surface area contributed by atoms with E-state index >= 15 is 0 Å². The smallest absolute Gasteiger partial charge is 0.161 e. The Morgan fingerprint density at radius 1 is 1.24 bits per heavy atom. The number of benzene rings is 1. The van der Waals surface area contributed by atoms with Gasteiger partial charge in [0.05, 0.1) is 5.52 Å². The number of aromatic nitrogens is 3. The lowest BCUT2D eigenvalue weighted by Crippen LogP contribution is -1.94. The van der Waals surface area contributed by atoms with E-state index in [-0.39, 0.29) is 0 Å². The molecule has 0 radical (unpaired) electrons. The Morgan fingerprint density at radius 3 is 2.94 bits per heavy atom. The Morgan fingerprint density at radius 2 is 2.12 bits per heavy atom. The van der Waals surface area contributed by atoms with Gasteiger partial charge in [-0.1, -0.05) is 12.1 Å². The summed E-state index contributed by atoms with van der Waals surface area (Å²) in [5, 5.41) is 9.23. The van der Waals surface area contributed by atoms with Gasteiger partial charge in [-0.15, -0.1) is 10.2 Å². The zero-order chi connectivity index (χ0) is 11.8. The molecule has 0 aliphatic rings. The molecule has 3 aromatic rings. The Balaban J connectivity index is 2.46. The molecule has 0 saturated carbocycles. The Kier molecular flexibility index (Phi) is 2.14. The lowest BCUT2D eigenvalue weighted by molar-refractivity contribution is -0.107. The summed E-state index contributed by atoms with van der Waals surface area (Å²) in [7, 11) is 0. The van der Waals surface area contributed by atoms with Crippen molar-refractivity contribution in [2.24, 2.45) is 0 Å². The summed E-state index contributed by atoms with van der Waals surface area (Å²) >= 11 is 0. The van der Waals surface area contributed by atoms with E-state index in [1.165, 1.54) is 0 Å². The van der Waals surface area contributed by atoms with Gasteiger partial charge in [0, 0.05) is 11.8 Å². The quantitative estimate of drug-likeness (QED) is 0.626. The van der Waals surface area contributed by atoms with Gasteiger partial charge in [-0.05, 0) is 30.7 Å². The molecular weight excluding hydrogens is 214 g/mol. The van der Waals surface area contributed by atoms with Crippen LogP contribution >= 0.6 is 0 Å². The van der Waals surface area contributed by atoms with Gasteiger partial charge in [0.25, 0.3) is 0 Å². The van der Waals surface area contributed by atoms with Crippen LogP contribution in [0.1, 0.15) is 11.4 Å². The van der Waals surface area contributed by atoms with Crippen molar-refractivity contribution < 1.29 is 4.79 Å². The lowest BCUT2D eigenvalue weighted by Gasteiger charge is -2.06. The molecule has 1 aromatic carbocycles. The number of aryl methyl sites for hydroxylation is 1. The van der Waals surface area contributed by atoms with E-state index in [9.17, 15) is 4.79 Å². The Bertz CT molecular complexity index is 715. The van der Waals surface area contributed by atoms with Crippen molar-refractivity contribution >= 4 is 22.8 Å². The monoisotopic (exact) mass is 225 g/mol. The molecule has 2 heterocycles. The van der Waals surface area contributed by atoms with Crippen LogP contribution < -0.4 is 0 Å². The number of hydrogen-bond acceptors (Lipinski definition) is 3. The summed E-state index contributed by atoms with van der Waals surface area (Å²) < 4.78 is 2.00. The van der Waals surface area contributed by atoms with Crippen LogP contribution in [0.3, 0.4) is 0 Å².